The summed E-state index contributed by atoms with van der Waals surface area (Å²) < 4.78 is 9.92. The second-order valence-corrected chi connectivity index (χ2v) is 9.34. The zero-order valence-electron chi connectivity index (χ0n) is 21.3. The average Bonchev–Trinajstić information content (AvgIpc) is 3.63. The third kappa shape index (κ3) is 3.89. The van der Waals surface area contributed by atoms with E-state index in [1.807, 2.05) is 54.9 Å². The van der Waals surface area contributed by atoms with Crippen molar-refractivity contribution in [2.45, 2.75) is 32.7 Å². The van der Waals surface area contributed by atoms with E-state index in [4.69, 9.17) is 15.6 Å². The highest BCUT2D eigenvalue weighted by Gasteiger charge is 2.34. The largest absolute Gasteiger partial charge is 0.457 e. The number of rotatable bonds is 4. The fraction of sp³-hybridized carbons (Fsp3) is 0.250. The lowest BCUT2D eigenvalue weighted by molar-refractivity contribution is -0.126. The van der Waals surface area contributed by atoms with E-state index in [9.17, 15) is 4.79 Å². The third-order valence-corrected chi connectivity index (χ3v) is 6.91. The molecule has 2 N–H and O–H groups in total. The second-order valence-electron chi connectivity index (χ2n) is 9.34. The maximum atomic E-state index is 12.7. The molecule has 6 rings (SSSR count). The van der Waals surface area contributed by atoms with Crippen molar-refractivity contribution in [1.29, 1.82) is 0 Å². The summed E-state index contributed by atoms with van der Waals surface area (Å²) in [5.41, 5.74) is 11.2. The first-order valence-corrected chi connectivity index (χ1v) is 12.4. The lowest BCUT2D eigenvalue weighted by atomic mass is 10.1. The molecule has 1 saturated heterocycles. The molecule has 0 aliphatic carbocycles. The molecule has 1 aliphatic heterocycles. The van der Waals surface area contributed by atoms with Crippen LogP contribution in [0.3, 0.4) is 0 Å². The predicted molar refractivity (Wildman–Crippen MR) is 144 cm³/mol. The van der Waals surface area contributed by atoms with Gasteiger partial charge in [0.1, 0.15) is 23.6 Å². The molecule has 0 spiro atoms. The number of aromatic nitrogens is 6. The Balaban J connectivity index is 1.38. The smallest absolute Gasteiger partial charge is 0.299 e. The molecular weight excluding hydrogens is 480 g/mol. The highest BCUT2D eigenvalue weighted by Crippen LogP contribution is 2.38. The Labute approximate surface area is 219 Å². The number of anilines is 1. The molecule has 3 aromatic heterocycles. The van der Waals surface area contributed by atoms with Crippen LogP contribution in [0, 0.1) is 18.8 Å². The Morgan fingerprint density at radius 2 is 2.03 bits per heavy atom. The van der Waals surface area contributed by atoms with Gasteiger partial charge in [-0.3, -0.25) is 4.79 Å². The van der Waals surface area contributed by atoms with Gasteiger partial charge in [0.2, 0.25) is 0 Å². The normalized spacial score (nSPS) is 15.1. The molecular formula is C28H26N8O2. The summed E-state index contributed by atoms with van der Waals surface area (Å²) in [4.78, 5) is 27.6. The van der Waals surface area contributed by atoms with Gasteiger partial charge in [0.15, 0.2) is 5.65 Å². The maximum absolute atomic E-state index is 12.7. The molecule has 5 aromatic rings. The van der Waals surface area contributed by atoms with Gasteiger partial charge in [-0.2, -0.15) is 5.10 Å². The number of aryl methyl sites for hydroxylation is 2. The fourth-order valence-electron chi connectivity index (χ4n) is 5.07. The van der Waals surface area contributed by atoms with Gasteiger partial charge in [-0.25, -0.2) is 19.6 Å². The number of carbonyl (C=O) groups excluding carboxylic acids is 1. The van der Waals surface area contributed by atoms with Crippen molar-refractivity contribution in [2.75, 3.05) is 12.3 Å². The van der Waals surface area contributed by atoms with Crippen LogP contribution in [0.5, 0.6) is 11.5 Å². The fourth-order valence-corrected chi connectivity index (χ4v) is 5.07. The summed E-state index contributed by atoms with van der Waals surface area (Å²) in [6.45, 7) is 4.26. The number of likely N-dealkylation sites (tertiary alicyclic amines) is 1. The Bertz CT molecular complexity index is 1770. The monoisotopic (exact) mass is 506 g/mol. The van der Waals surface area contributed by atoms with E-state index in [1.165, 1.54) is 6.33 Å². The molecule has 0 bridgehead atoms. The first kappa shape index (κ1) is 23.5. The Morgan fingerprint density at radius 1 is 1.16 bits per heavy atom. The first-order chi connectivity index (χ1) is 18.4. The van der Waals surface area contributed by atoms with Crippen molar-refractivity contribution in [3.63, 3.8) is 0 Å². The number of benzene rings is 2. The van der Waals surface area contributed by atoms with Crippen molar-refractivity contribution in [3.8, 4) is 29.0 Å². The van der Waals surface area contributed by atoms with Gasteiger partial charge in [0.05, 0.1) is 40.2 Å². The number of fused-ring (bicyclic) bond motifs is 2. The van der Waals surface area contributed by atoms with Crippen LogP contribution in [0.2, 0.25) is 0 Å². The highest BCUT2D eigenvalue weighted by molar-refractivity contribution is 5.95. The summed E-state index contributed by atoms with van der Waals surface area (Å²) >= 11 is 0. The number of nitrogens with zero attached hydrogens (tertiary/aromatic N) is 7. The van der Waals surface area contributed by atoms with Crippen LogP contribution in [0.25, 0.3) is 27.8 Å². The Hall–Kier alpha value is -4.91. The van der Waals surface area contributed by atoms with E-state index < -0.39 is 0 Å². The molecule has 0 saturated carbocycles. The van der Waals surface area contributed by atoms with Crippen LogP contribution in [-0.4, -0.2) is 46.7 Å². The van der Waals surface area contributed by atoms with Gasteiger partial charge in [0, 0.05) is 19.7 Å². The van der Waals surface area contributed by atoms with Crippen molar-refractivity contribution in [2.24, 2.45) is 7.05 Å². The summed E-state index contributed by atoms with van der Waals surface area (Å²) in [6.07, 6.45) is 4.84. The topological polar surface area (TPSA) is 117 Å². The summed E-state index contributed by atoms with van der Waals surface area (Å²) in [7, 11) is 1.96. The quantitative estimate of drug-likeness (QED) is 0.365. The van der Waals surface area contributed by atoms with Crippen LogP contribution in [0.15, 0.2) is 49.1 Å². The predicted octanol–water partition coefficient (Wildman–Crippen LogP) is 4.07. The standard InChI is InChI=1S/C28H26N8O2/c1-4-6-24(37)35-12-5-7-22(35)26-25-27(29)30-15-31-28(25)36(33-26)18-8-11-23(17(2)13-18)38-19-9-10-21-20(14-19)32-16-34(21)3/h8-11,13-16,22H,5,7,12H2,1-3H3,(H2,29,30,31). The van der Waals surface area contributed by atoms with E-state index in [0.29, 0.717) is 34.8 Å². The molecule has 4 heterocycles. The molecule has 10 heteroatoms. The Kier molecular flexibility index (Phi) is 5.68. The minimum atomic E-state index is -0.245. The minimum Gasteiger partial charge on any atom is -0.457 e. The molecule has 1 aliphatic rings. The van der Waals surface area contributed by atoms with Crippen LogP contribution in [0.4, 0.5) is 5.82 Å². The number of hydrogen-bond acceptors (Lipinski definition) is 7. The van der Waals surface area contributed by atoms with Crippen LogP contribution in [0.1, 0.15) is 37.1 Å². The second kappa shape index (κ2) is 9.19. The molecule has 1 unspecified atom stereocenters. The van der Waals surface area contributed by atoms with E-state index in [1.54, 1.807) is 22.8 Å². The number of imidazole rings is 1. The van der Waals surface area contributed by atoms with E-state index in [-0.39, 0.29) is 11.9 Å². The van der Waals surface area contributed by atoms with Gasteiger partial charge in [0.25, 0.3) is 5.91 Å². The number of ether oxygens (including phenoxy) is 1. The maximum Gasteiger partial charge on any atom is 0.299 e. The molecule has 0 radical (unpaired) electrons. The third-order valence-electron chi connectivity index (χ3n) is 6.91. The highest BCUT2D eigenvalue weighted by atomic mass is 16.5. The molecule has 1 atom stereocenters. The van der Waals surface area contributed by atoms with Gasteiger partial charge in [-0.15, -0.1) is 0 Å². The number of carbonyl (C=O) groups is 1. The van der Waals surface area contributed by atoms with Crippen molar-refractivity contribution < 1.29 is 9.53 Å². The number of amides is 1. The van der Waals surface area contributed by atoms with Crippen molar-refractivity contribution in [1.82, 2.24) is 34.2 Å². The van der Waals surface area contributed by atoms with Crippen molar-refractivity contribution in [3.05, 3.63) is 60.3 Å². The molecule has 1 fully saturated rings. The molecule has 38 heavy (non-hydrogen) atoms. The molecule has 10 nitrogen and oxygen atoms in total. The van der Waals surface area contributed by atoms with Gasteiger partial charge in [-0.05, 0) is 68.5 Å². The molecule has 190 valence electrons. The van der Waals surface area contributed by atoms with E-state index in [2.05, 4.69) is 26.8 Å². The van der Waals surface area contributed by atoms with Gasteiger partial charge < -0.3 is 19.9 Å². The zero-order valence-corrected chi connectivity index (χ0v) is 21.3. The number of nitrogens with two attached hydrogens (primary N) is 1. The summed E-state index contributed by atoms with van der Waals surface area (Å²) in [5, 5.41) is 5.58. The number of hydrogen-bond donors (Lipinski definition) is 1. The van der Waals surface area contributed by atoms with Gasteiger partial charge in [-0.1, -0.05) is 5.92 Å². The SMILES string of the molecule is CC#CC(=O)N1CCCC1c1nn(-c2ccc(Oc3ccc4c(c3)ncn4C)c(C)c2)c2ncnc(N)c12. The van der Waals surface area contributed by atoms with E-state index in [0.717, 1.165) is 40.9 Å². The van der Waals surface area contributed by atoms with E-state index >= 15 is 0 Å². The Morgan fingerprint density at radius 3 is 2.84 bits per heavy atom. The number of nitrogen functional groups attached to an aromatic ring is 1. The van der Waals surface area contributed by atoms with Gasteiger partial charge >= 0.3 is 0 Å². The zero-order chi connectivity index (χ0) is 26.4. The van der Waals surface area contributed by atoms with Crippen molar-refractivity contribution >= 4 is 33.8 Å². The van der Waals surface area contributed by atoms with Crippen LogP contribution < -0.4 is 10.5 Å². The average molecular weight is 507 g/mol. The lowest BCUT2D eigenvalue weighted by Gasteiger charge is -2.21. The minimum absolute atomic E-state index is 0.214. The summed E-state index contributed by atoms with van der Waals surface area (Å²) in [6, 6.07) is 11.4. The molecule has 1 amide bonds. The lowest BCUT2D eigenvalue weighted by Crippen LogP contribution is -2.29. The van der Waals surface area contributed by atoms with Crippen LogP contribution >= 0.6 is 0 Å². The summed E-state index contributed by atoms with van der Waals surface area (Å²) in [5.74, 6) is 6.91. The molecule has 2 aromatic carbocycles. The first-order valence-electron chi connectivity index (χ1n) is 12.4. The van der Waals surface area contributed by atoms with Crippen LogP contribution in [-0.2, 0) is 11.8 Å².